The number of halogens is 1. The summed E-state index contributed by atoms with van der Waals surface area (Å²) >= 11 is 0. The van der Waals surface area contributed by atoms with Crippen LogP contribution in [-0.2, 0) is 0 Å². The van der Waals surface area contributed by atoms with E-state index in [1.54, 1.807) is 12.3 Å². The van der Waals surface area contributed by atoms with Crippen LogP contribution in [0.1, 0.15) is 0 Å². The second kappa shape index (κ2) is 4.32. The van der Waals surface area contributed by atoms with Crippen molar-refractivity contribution in [3.63, 3.8) is 0 Å². The number of hydrazine groups is 3. The van der Waals surface area contributed by atoms with E-state index in [9.17, 15) is 0 Å². The Morgan fingerprint density at radius 1 is 1.60 bits per heavy atom. The molecular formula is C5H11BrN4. The van der Waals surface area contributed by atoms with E-state index in [0.717, 1.165) is 6.54 Å². The van der Waals surface area contributed by atoms with Gasteiger partial charge in [0.25, 0.3) is 0 Å². The molecular weight excluding hydrogens is 196 g/mol. The Hall–Kier alpha value is -0.520. The molecule has 3 N–H and O–H groups in total. The van der Waals surface area contributed by atoms with Crippen LogP contribution in [0.3, 0.4) is 0 Å². The van der Waals surface area contributed by atoms with E-state index >= 15 is 0 Å². The van der Waals surface area contributed by atoms with E-state index in [1.807, 2.05) is 11.2 Å². The van der Waals surface area contributed by atoms with E-state index in [4.69, 9.17) is 5.84 Å². The lowest BCUT2D eigenvalue weighted by atomic mass is 10.6. The van der Waals surface area contributed by atoms with Crippen molar-refractivity contribution in [1.29, 1.82) is 0 Å². The van der Waals surface area contributed by atoms with Gasteiger partial charge < -0.3 is 0 Å². The third kappa shape index (κ3) is 2.38. The lowest BCUT2D eigenvalue weighted by molar-refractivity contribution is 0.151. The molecule has 0 saturated heterocycles. The van der Waals surface area contributed by atoms with E-state index in [0.29, 0.717) is 0 Å². The summed E-state index contributed by atoms with van der Waals surface area (Å²) in [5, 5.41) is 3.19. The summed E-state index contributed by atoms with van der Waals surface area (Å²) in [5.41, 5.74) is 2.82. The Bertz CT molecular complexity index is 136. The summed E-state index contributed by atoms with van der Waals surface area (Å²) in [6.07, 6.45) is 5.35. The third-order valence-corrected chi connectivity index (χ3v) is 0.977. The summed E-state index contributed by atoms with van der Waals surface area (Å²) < 4.78 is 0. The fraction of sp³-hybridized carbons (Fsp3) is 0.200. The highest BCUT2D eigenvalue weighted by Gasteiger charge is 2.03. The van der Waals surface area contributed by atoms with Crippen molar-refractivity contribution in [2.45, 2.75) is 0 Å². The first-order valence-corrected chi connectivity index (χ1v) is 2.69. The largest absolute Gasteiger partial charge is 0.292 e. The number of nitrogens with two attached hydrogens (primary N) is 1. The maximum atomic E-state index is 5.31. The van der Waals surface area contributed by atoms with Gasteiger partial charge in [-0.15, -0.1) is 29.1 Å². The second-order valence-corrected chi connectivity index (χ2v) is 1.75. The summed E-state index contributed by atoms with van der Waals surface area (Å²) in [7, 11) is 0. The molecule has 0 aliphatic carbocycles. The Labute approximate surface area is 70.6 Å². The van der Waals surface area contributed by atoms with Crippen molar-refractivity contribution in [3.05, 3.63) is 25.1 Å². The zero-order chi connectivity index (χ0) is 6.69. The first kappa shape index (κ1) is 9.48. The van der Waals surface area contributed by atoms with E-state index < -0.39 is 0 Å². The first-order chi connectivity index (χ1) is 4.33. The zero-order valence-electron chi connectivity index (χ0n) is 5.53. The fourth-order valence-electron chi connectivity index (χ4n) is 0.608. The molecule has 5 heteroatoms. The highest BCUT2D eigenvalue weighted by molar-refractivity contribution is 8.93. The van der Waals surface area contributed by atoms with Gasteiger partial charge in [-0.25, -0.2) is 11.0 Å². The number of hydrogen-bond donors (Lipinski definition) is 2. The molecule has 0 aromatic heterocycles. The smallest absolute Gasteiger partial charge is 0.0534 e. The van der Waals surface area contributed by atoms with Gasteiger partial charge in [0, 0.05) is 6.20 Å². The lowest BCUT2D eigenvalue weighted by Crippen LogP contribution is -2.43. The molecule has 0 aromatic carbocycles. The van der Waals surface area contributed by atoms with Crippen molar-refractivity contribution >= 4 is 17.0 Å². The van der Waals surface area contributed by atoms with Crippen molar-refractivity contribution in [3.8, 4) is 0 Å². The summed E-state index contributed by atoms with van der Waals surface area (Å²) in [6.45, 7) is 4.33. The van der Waals surface area contributed by atoms with E-state index in [1.165, 1.54) is 5.12 Å². The third-order valence-electron chi connectivity index (χ3n) is 0.977. The molecule has 0 saturated carbocycles. The molecule has 1 heterocycles. The van der Waals surface area contributed by atoms with Gasteiger partial charge in [-0.3, -0.25) is 5.01 Å². The van der Waals surface area contributed by atoms with Crippen LogP contribution in [0.2, 0.25) is 0 Å². The number of nitrogens with one attached hydrogen (secondary N) is 1. The lowest BCUT2D eigenvalue weighted by Gasteiger charge is -2.16. The van der Waals surface area contributed by atoms with Crippen molar-refractivity contribution < 1.29 is 0 Å². The molecule has 0 fully saturated rings. The van der Waals surface area contributed by atoms with Gasteiger partial charge in [-0.05, 0) is 0 Å². The Balaban J connectivity index is 0.000000810. The normalized spacial score (nSPS) is 15.3. The van der Waals surface area contributed by atoms with Crippen LogP contribution in [0.15, 0.2) is 25.1 Å². The number of rotatable bonds is 2. The molecule has 1 aliphatic heterocycles. The quantitative estimate of drug-likeness (QED) is 0.499. The van der Waals surface area contributed by atoms with Crippen LogP contribution in [0.5, 0.6) is 0 Å². The SMILES string of the molecule is Br.C=CCN1C=CN(N)N1. The Morgan fingerprint density at radius 2 is 2.30 bits per heavy atom. The first-order valence-electron chi connectivity index (χ1n) is 2.69. The molecule has 10 heavy (non-hydrogen) atoms. The van der Waals surface area contributed by atoms with Gasteiger partial charge in [-0.1, -0.05) is 6.08 Å². The van der Waals surface area contributed by atoms with Gasteiger partial charge in [-0.2, -0.15) is 0 Å². The minimum absolute atomic E-state index is 0. The molecule has 0 spiro atoms. The van der Waals surface area contributed by atoms with Gasteiger partial charge in [0.2, 0.25) is 0 Å². The average Bonchev–Trinajstić information content (AvgIpc) is 2.17. The van der Waals surface area contributed by atoms with Crippen molar-refractivity contribution in [2.24, 2.45) is 5.84 Å². The maximum Gasteiger partial charge on any atom is 0.0534 e. The van der Waals surface area contributed by atoms with Gasteiger partial charge in [0.05, 0.1) is 12.7 Å². The zero-order valence-corrected chi connectivity index (χ0v) is 7.24. The van der Waals surface area contributed by atoms with Crippen LogP contribution in [-0.4, -0.2) is 16.7 Å². The van der Waals surface area contributed by atoms with Crippen molar-refractivity contribution in [1.82, 2.24) is 15.7 Å². The molecule has 1 rings (SSSR count). The van der Waals surface area contributed by atoms with Crippen LogP contribution >= 0.6 is 17.0 Å². The molecule has 0 radical (unpaired) electrons. The molecule has 0 aromatic rings. The molecule has 0 unspecified atom stereocenters. The Kier molecular flexibility index (Phi) is 4.10. The predicted molar refractivity (Wildman–Crippen MR) is 45.5 cm³/mol. The number of hydrogen-bond acceptors (Lipinski definition) is 4. The summed E-state index contributed by atoms with van der Waals surface area (Å²) in [4.78, 5) is 0. The molecule has 0 atom stereocenters. The molecule has 1 aliphatic rings. The minimum Gasteiger partial charge on any atom is -0.292 e. The van der Waals surface area contributed by atoms with E-state index in [-0.39, 0.29) is 17.0 Å². The summed E-state index contributed by atoms with van der Waals surface area (Å²) in [6, 6.07) is 0. The minimum atomic E-state index is 0. The summed E-state index contributed by atoms with van der Waals surface area (Å²) in [5.74, 6) is 5.31. The molecule has 4 nitrogen and oxygen atoms in total. The Morgan fingerprint density at radius 3 is 2.70 bits per heavy atom. The fourth-order valence-corrected chi connectivity index (χ4v) is 0.608. The van der Waals surface area contributed by atoms with Gasteiger partial charge in [0.15, 0.2) is 0 Å². The van der Waals surface area contributed by atoms with Gasteiger partial charge >= 0.3 is 0 Å². The van der Waals surface area contributed by atoms with E-state index in [2.05, 4.69) is 12.1 Å². The average molecular weight is 207 g/mol. The predicted octanol–water partition coefficient (Wildman–Crippen LogP) is 0.132. The molecule has 0 bridgehead atoms. The monoisotopic (exact) mass is 206 g/mol. The molecule has 0 amide bonds. The van der Waals surface area contributed by atoms with Gasteiger partial charge in [0.1, 0.15) is 0 Å². The number of nitrogens with zero attached hydrogens (tertiary/aromatic N) is 2. The van der Waals surface area contributed by atoms with Crippen LogP contribution in [0.25, 0.3) is 0 Å². The second-order valence-electron chi connectivity index (χ2n) is 1.75. The topological polar surface area (TPSA) is 44.5 Å². The van der Waals surface area contributed by atoms with Crippen molar-refractivity contribution in [2.75, 3.05) is 6.54 Å². The van der Waals surface area contributed by atoms with Crippen LogP contribution in [0.4, 0.5) is 0 Å². The highest BCUT2D eigenvalue weighted by atomic mass is 79.9. The van der Waals surface area contributed by atoms with Crippen LogP contribution < -0.4 is 11.4 Å². The highest BCUT2D eigenvalue weighted by Crippen LogP contribution is 1.93. The molecule has 58 valence electrons. The maximum absolute atomic E-state index is 5.31. The standard InChI is InChI=1S/C5H10N4.BrH/c1-2-3-8-4-5-9(6)7-8;/h2,4-5,7H,1,3,6H2;1H. The van der Waals surface area contributed by atoms with Crippen LogP contribution in [0, 0.1) is 0 Å².